The molecule has 0 saturated heterocycles. The van der Waals surface area contributed by atoms with Gasteiger partial charge in [-0.25, -0.2) is 0 Å². The first-order valence-corrected chi connectivity index (χ1v) is 8.88. The molecule has 2 heterocycles. The molecule has 27 heavy (non-hydrogen) atoms. The molecule has 3 aromatic rings. The minimum atomic E-state index is -0.423. The van der Waals surface area contributed by atoms with Gasteiger partial charge in [0.1, 0.15) is 23.9 Å². The predicted molar refractivity (Wildman–Crippen MR) is 103 cm³/mol. The number of aromatic nitrogens is 3. The van der Waals surface area contributed by atoms with Gasteiger partial charge in [-0.15, -0.1) is 10.2 Å². The summed E-state index contributed by atoms with van der Waals surface area (Å²) in [6.07, 6.45) is 1.08. The number of benzene rings is 2. The number of hydrogen-bond acceptors (Lipinski definition) is 5. The average Bonchev–Trinajstić information content (AvgIpc) is 3.00. The summed E-state index contributed by atoms with van der Waals surface area (Å²) in [5.41, 5.74) is 3.45. The first kappa shape index (κ1) is 17.4. The number of rotatable bonds is 4. The quantitative estimate of drug-likeness (QED) is 0.647. The fourth-order valence-corrected chi connectivity index (χ4v) is 3.42. The normalized spacial score (nSPS) is 15.4. The van der Waals surface area contributed by atoms with Crippen molar-refractivity contribution < 1.29 is 9.53 Å². The second-order valence-electron chi connectivity index (χ2n) is 6.23. The highest BCUT2D eigenvalue weighted by molar-refractivity contribution is 6.30. The summed E-state index contributed by atoms with van der Waals surface area (Å²) in [6, 6.07) is 12.9. The first-order chi connectivity index (χ1) is 13.1. The molecule has 0 aliphatic carbocycles. The fourth-order valence-electron chi connectivity index (χ4n) is 3.29. The van der Waals surface area contributed by atoms with Gasteiger partial charge in [0.2, 0.25) is 0 Å². The van der Waals surface area contributed by atoms with Crippen LogP contribution in [0.5, 0.6) is 5.75 Å². The molecule has 1 atom stereocenters. The van der Waals surface area contributed by atoms with Crippen LogP contribution in [-0.2, 0) is 4.79 Å². The number of aryl methyl sites for hydroxylation is 1. The maximum Gasteiger partial charge on any atom is 0.162 e. The molecule has 4 rings (SSSR count). The second-order valence-corrected chi connectivity index (χ2v) is 6.66. The van der Waals surface area contributed by atoms with Crippen molar-refractivity contribution in [2.24, 2.45) is 4.99 Å². The van der Waals surface area contributed by atoms with Gasteiger partial charge in [0.25, 0.3) is 0 Å². The van der Waals surface area contributed by atoms with Crippen LogP contribution in [-0.4, -0.2) is 33.9 Å². The van der Waals surface area contributed by atoms with Gasteiger partial charge in [-0.3, -0.25) is 9.56 Å². The number of ether oxygens (including phenoxy) is 1. The molecule has 0 radical (unpaired) electrons. The van der Waals surface area contributed by atoms with Crippen LogP contribution in [0.3, 0.4) is 0 Å². The van der Waals surface area contributed by atoms with Gasteiger partial charge in [0.15, 0.2) is 5.82 Å². The predicted octanol–water partition coefficient (Wildman–Crippen LogP) is 3.72. The van der Waals surface area contributed by atoms with E-state index in [2.05, 4.69) is 10.2 Å². The number of fused-ring (bicyclic) bond motifs is 3. The van der Waals surface area contributed by atoms with Crippen LogP contribution in [0.4, 0.5) is 0 Å². The van der Waals surface area contributed by atoms with E-state index in [0.29, 0.717) is 10.8 Å². The highest BCUT2D eigenvalue weighted by atomic mass is 35.5. The molecule has 0 unspecified atom stereocenters. The van der Waals surface area contributed by atoms with E-state index in [0.717, 1.165) is 40.4 Å². The van der Waals surface area contributed by atoms with Crippen molar-refractivity contribution in [3.05, 3.63) is 70.3 Å². The molecule has 7 heteroatoms. The van der Waals surface area contributed by atoms with Crippen LogP contribution in [0, 0.1) is 6.92 Å². The summed E-state index contributed by atoms with van der Waals surface area (Å²) in [5.74, 6) is 2.10. The SMILES string of the molecule is COc1ccc2c(c1)C(c1ccc(Cl)cc1)=N[C@@H](CC=O)c1nnc(C)n1-2. The topological polar surface area (TPSA) is 69.4 Å². The van der Waals surface area contributed by atoms with Gasteiger partial charge >= 0.3 is 0 Å². The molecule has 0 N–H and O–H groups in total. The van der Waals surface area contributed by atoms with Crippen molar-refractivity contribution in [1.29, 1.82) is 0 Å². The van der Waals surface area contributed by atoms with Crippen LogP contribution in [0.1, 0.15) is 35.2 Å². The number of hydrogen-bond donors (Lipinski definition) is 0. The average molecular weight is 381 g/mol. The smallest absolute Gasteiger partial charge is 0.162 e. The highest BCUT2D eigenvalue weighted by Gasteiger charge is 2.28. The molecule has 1 aliphatic heterocycles. The van der Waals surface area contributed by atoms with E-state index < -0.39 is 6.04 Å². The van der Waals surface area contributed by atoms with Crippen molar-refractivity contribution >= 4 is 23.6 Å². The Balaban J connectivity index is 2.03. The second kappa shape index (κ2) is 6.96. The van der Waals surface area contributed by atoms with Crippen molar-refractivity contribution in [1.82, 2.24) is 14.8 Å². The molecule has 0 fully saturated rings. The Morgan fingerprint density at radius 1 is 1.19 bits per heavy atom. The molecule has 0 bridgehead atoms. The maximum absolute atomic E-state index is 11.3. The van der Waals surface area contributed by atoms with Gasteiger partial charge in [-0.05, 0) is 37.3 Å². The molecule has 1 aromatic heterocycles. The van der Waals surface area contributed by atoms with Crippen molar-refractivity contribution in [2.45, 2.75) is 19.4 Å². The largest absolute Gasteiger partial charge is 0.497 e. The van der Waals surface area contributed by atoms with Crippen LogP contribution in [0.25, 0.3) is 5.69 Å². The van der Waals surface area contributed by atoms with Gasteiger partial charge in [0.05, 0.1) is 18.5 Å². The Labute approximate surface area is 161 Å². The zero-order valence-electron chi connectivity index (χ0n) is 14.9. The lowest BCUT2D eigenvalue weighted by Gasteiger charge is -2.14. The number of carbonyl (C=O) groups is 1. The Morgan fingerprint density at radius 2 is 1.96 bits per heavy atom. The molecule has 6 nitrogen and oxygen atoms in total. The number of carbonyl (C=O) groups excluding carboxylic acids is 1. The molecule has 136 valence electrons. The summed E-state index contributed by atoms with van der Waals surface area (Å²) in [7, 11) is 1.63. The lowest BCUT2D eigenvalue weighted by molar-refractivity contribution is -0.108. The molecule has 0 amide bonds. The highest BCUT2D eigenvalue weighted by Crippen LogP contribution is 2.34. The summed E-state index contributed by atoms with van der Waals surface area (Å²) < 4.78 is 7.38. The molecule has 0 saturated carbocycles. The maximum atomic E-state index is 11.3. The molecular formula is C20H17ClN4O2. The molecule has 2 aromatic carbocycles. The van der Waals surface area contributed by atoms with Crippen molar-refractivity contribution in [3.8, 4) is 11.4 Å². The van der Waals surface area contributed by atoms with Gasteiger partial charge in [-0.1, -0.05) is 23.7 Å². The Hall–Kier alpha value is -2.99. The summed E-state index contributed by atoms with van der Waals surface area (Å²) in [6.45, 7) is 1.88. The van der Waals surface area contributed by atoms with Crippen molar-refractivity contribution in [3.63, 3.8) is 0 Å². The van der Waals surface area contributed by atoms with Crippen LogP contribution >= 0.6 is 11.6 Å². The molecular weight excluding hydrogens is 364 g/mol. The van der Waals surface area contributed by atoms with E-state index in [1.807, 2.05) is 54.0 Å². The van der Waals surface area contributed by atoms with Crippen molar-refractivity contribution in [2.75, 3.05) is 7.11 Å². The Kier molecular flexibility index (Phi) is 4.49. The third-order valence-electron chi connectivity index (χ3n) is 4.57. The Morgan fingerprint density at radius 3 is 2.67 bits per heavy atom. The first-order valence-electron chi connectivity index (χ1n) is 8.50. The lowest BCUT2D eigenvalue weighted by atomic mass is 10.00. The number of halogens is 1. The van der Waals surface area contributed by atoms with E-state index >= 15 is 0 Å². The zero-order chi connectivity index (χ0) is 19.0. The van der Waals surface area contributed by atoms with Gasteiger partial charge in [-0.2, -0.15) is 0 Å². The lowest BCUT2D eigenvalue weighted by Crippen LogP contribution is -2.08. The summed E-state index contributed by atoms with van der Waals surface area (Å²) in [5, 5.41) is 9.15. The van der Waals surface area contributed by atoms with E-state index in [4.69, 9.17) is 21.3 Å². The molecule has 1 aliphatic rings. The minimum absolute atomic E-state index is 0.223. The third kappa shape index (κ3) is 3.02. The monoisotopic (exact) mass is 380 g/mol. The van der Waals surface area contributed by atoms with Crippen LogP contribution < -0.4 is 4.74 Å². The number of methoxy groups -OCH3 is 1. The van der Waals surface area contributed by atoms with E-state index in [9.17, 15) is 4.79 Å². The van der Waals surface area contributed by atoms with E-state index in [1.165, 1.54) is 0 Å². The van der Waals surface area contributed by atoms with Crippen LogP contribution in [0.2, 0.25) is 5.02 Å². The van der Waals surface area contributed by atoms with Crippen LogP contribution in [0.15, 0.2) is 47.5 Å². The van der Waals surface area contributed by atoms with E-state index in [-0.39, 0.29) is 6.42 Å². The molecule has 0 spiro atoms. The standard InChI is InChI=1S/C20H17ClN4O2/c1-12-23-24-20-17(9-10-26)22-19(13-3-5-14(21)6-4-13)16-11-15(27-2)7-8-18(16)25(12)20/h3-8,10-11,17H,9H2,1-2H3/t17-/m0/s1. The van der Waals surface area contributed by atoms with Gasteiger partial charge in [0, 0.05) is 22.6 Å². The minimum Gasteiger partial charge on any atom is -0.497 e. The summed E-state index contributed by atoms with van der Waals surface area (Å²) >= 11 is 6.06. The third-order valence-corrected chi connectivity index (χ3v) is 4.82. The number of aliphatic imine (C=N–C) groups is 1. The number of nitrogens with zero attached hydrogens (tertiary/aromatic N) is 4. The van der Waals surface area contributed by atoms with E-state index in [1.54, 1.807) is 7.11 Å². The fraction of sp³-hybridized carbons (Fsp3) is 0.200. The number of aldehydes is 1. The zero-order valence-corrected chi connectivity index (χ0v) is 15.6. The van der Waals surface area contributed by atoms with Gasteiger partial charge < -0.3 is 9.53 Å². The Bertz CT molecular complexity index is 1040. The summed E-state index contributed by atoms with van der Waals surface area (Å²) in [4.78, 5) is 16.2.